The largest absolute Gasteiger partial charge is 0.494 e. The highest BCUT2D eigenvalue weighted by molar-refractivity contribution is 7.15. The van der Waals surface area contributed by atoms with Crippen LogP contribution >= 0.6 is 11.3 Å². The number of fused-ring (bicyclic) bond motifs is 1. The van der Waals surface area contributed by atoms with E-state index < -0.39 is 0 Å². The van der Waals surface area contributed by atoms with E-state index in [9.17, 15) is 4.79 Å². The van der Waals surface area contributed by atoms with Crippen LogP contribution in [-0.4, -0.2) is 31.0 Å². The van der Waals surface area contributed by atoms with Gasteiger partial charge in [-0.25, -0.2) is 4.68 Å². The molecule has 0 aliphatic carbocycles. The Morgan fingerprint density at radius 1 is 0.872 bits per heavy atom. The third-order valence-corrected chi connectivity index (χ3v) is 7.37. The first kappa shape index (κ1) is 24.8. The van der Waals surface area contributed by atoms with Gasteiger partial charge in [-0.2, -0.15) is 14.6 Å². The molecule has 0 spiro atoms. The lowest BCUT2D eigenvalue weighted by Gasteiger charge is -2.05. The van der Waals surface area contributed by atoms with Crippen LogP contribution in [0.2, 0.25) is 0 Å². The number of aromatic nitrogens is 5. The van der Waals surface area contributed by atoms with Crippen molar-refractivity contribution in [2.24, 2.45) is 0 Å². The minimum Gasteiger partial charge on any atom is -0.494 e. The zero-order valence-corrected chi connectivity index (χ0v) is 22.3. The number of hydrogen-bond acceptors (Lipinski definition) is 6. The first-order valence-corrected chi connectivity index (χ1v) is 13.9. The second-order valence-corrected chi connectivity index (χ2v) is 10.2. The van der Waals surface area contributed by atoms with E-state index in [0.29, 0.717) is 21.9 Å². The predicted octanol–water partition coefficient (Wildman–Crippen LogP) is 5.79. The lowest BCUT2D eigenvalue weighted by Crippen LogP contribution is -2.23. The first-order valence-electron chi connectivity index (χ1n) is 13.0. The van der Waals surface area contributed by atoms with Gasteiger partial charge in [0.25, 0.3) is 5.56 Å². The molecule has 0 N–H and O–H groups in total. The fraction of sp³-hybridized carbons (Fsp3) is 0.161. The minimum atomic E-state index is -0.198. The van der Waals surface area contributed by atoms with E-state index >= 15 is 0 Å². The summed E-state index contributed by atoms with van der Waals surface area (Å²) < 4.78 is 9.57. The molecule has 0 atom stereocenters. The van der Waals surface area contributed by atoms with Crippen molar-refractivity contribution in [1.82, 2.24) is 24.4 Å². The molecule has 3 aromatic carbocycles. The highest BCUT2D eigenvalue weighted by Crippen LogP contribution is 2.25. The maximum absolute atomic E-state index is 13.3. The van der Waals surface area contributed by atoms with E-state index in [1.54, 1.807) is 0 Å². The predicted molar refractivity (Wildman–Crippen MR) is 155 cm³/mol. The SMILES string of the molecule is CCCCCOc1ccc(-c2nc3sc(=Cc4cn(-c5ccccc5)nc4-c4ccccc4)c(=O)n3n2)cc1. The number of benzene rings is 3. The monoisotopic (exact) mass is 533 g/mol. The maximum atomic E-state index is 13.3. The highest BCUT2D eigenvalue weighted by Gasteiger charge is 2.15. The number of nitrogens with zero attached hydrogens (tertiary/aromatic N) is 5. The molecule has 0 saturated carbocycles. The summed E-state index contributed by atoms with van der Waals surface area (Å²) >= 11 is 1.32. The summed E-state index contributed by atoms with van der Waals surface area (Å²) in [6.45, 7) is 2.88. The van der Waals surface area contributed by atoms with Gasteiger partial charge in [0.2, 0.25) is 4.96 Å². The molecule has 8 heteroatoms. The van der Waals surface area contributed by atoms with Crippen molar-refractivity contribution in [2.75, 3.05) is 6.61 Å². The van der Waals surface area contributed by atoms with Crippen molar-refractivity contribution in [3.63, 3.8) is 0 Å². The molecule has 0 bridgehead atoms. The summed E-state index contributed by atoms with van der Waals surface area (Å²) in [5.41, 5.74) is 4.21. The van der Waals surface area contributed by atoms with Crippen molar-refractivity contribution in [3.8, 4) is 34.1 Å². The number of rotatable bonds is 9. The summed E-state index contributed by atoms with van der Waals surface area (Å²) in [6.07, 6.45) is 7.20. The Kier molecular flexibility index (Phi) is 7.01. The Labute approximate surface area is 229 Å². The molecule has 6 aromatic rings. The zero-order chi connectivity index (χ0) is 26.6. The maximum Gasteiger partial charge on any atom is 0.291 e. The number of unbranched alkanes of at least 4 members (excludes halogenated alkanes) is 2. The number of para-hydroxylation sites is 1. The van der Waals surface area contributed by atoms with E-state index in [0.717, 1.165) is 53.1 Å². The molecule has 0 radical (unpaired) electrons. The second kappa shape index (κ2) is 11.0. The van der Waals surface area contributed by atoms with Crippen LogP contribution in [-0.2, 0) is 0 Å². The van der Waals surface area contributed by atoms with E-state index in [-0.39, 0.29) is 5.56 Å². The molecular formula is C31H27N5O2S. The van der Waals surface area contributed by atoms with Crippen molar-refractivity contribution >= 4 is 22.4 Å². The lowest BCUT2D eigenvalue weighted by atomic mass is 10.1. The van der Waals surface area contributed by atoms with Crippen LogP contribution in [0.1, 0.15) is 31.7 Å². The van der Waals surface area contributed by atoms with Crippen LogP contribution in [0.5, 0.6) is 5.75 Å². The fourth-order valence-corrected chi connectivity index (χ4v) is 5.26. The molecular weight excluding hydrogens is 506 g/mol. The van der Waals surface area contributed by atoms with Crippen LogP contribution in [0, 0.1) is 0 Å². The topological polar surface area (TPSA) is 74.3 Å². The van der Waals surface area contributed by atoms with Crippen LogP contribution in [0.15, 0.2) is 95.9 Å². The van der Waals surface area contributed by atoms with Gasteiger partial charge in [0, 0.05) is 22.9 Å². The van der Waals surface area contributed by atoms with Gasteiger partial charge in [0.15, 0.2) is 5.82 Å². The van der Waals surface area contributed by atoms with Crippen LogP contribution < -0.4 is 14.8 Å². The number of ether oxygens (including phenoxy) is 1. The van der Waals surface area contributed by atoms with Gasteiger partial charge in [-0.3, -0.25) is 4.79 Å². The summed E-state index contributed by atoms with van der Waals surface area (Å²) in [7, 11) is 0. The molecule has 0 aliphatic rings. The smallest absolute Gasteiger partial charge is 0.291 e. The number of hydrogen-bond donors (Lipinski definition) is 0. The summed E-state index contributed by atoms with van der Waals surface area (Å²) in [6, 6.07) is 27.6. The van der Waals surface area contributed by atoms with Crippen molar-refractivity contribution in [2.45, 2.75) is 26.2 Å². The van der Waals surface area contributed by atoms with Gasteiger partial charge >= 0.3 is 0 Å². The summed E-state index contributed by atoms with van der Waals surface area (Å²) in [4.78, 5) is 18.5. The molecule has 194 valence electrons. The average molecular weight is 534 g/mol. The quantitative estimate of drug-likeness (QED) is 0.220. The van der Waals surface area contributed by atoms with E-state index in [4.69, 9.17) is 9.84 Å². The first-order chi connectivity index (χ1) is 19.2. The van der Waals surface area contributed by atoms with Crippen LogP contribution in [0.3, 0.4) is 0 Å². The van der Waals surface area contributed by atoms with E-state index in [2.05, 4.69) is 17.0 Å². The van der Waals surface area contributed by atoms with Gasteiger partial charge < -0.3 is 4.74 Å². The standard InChI is InChI=1S/C31H27N5O2S/c1-2-3-10-19-38-26-17-15-23(16-18-26)29-32-31-36(34-29)30(37)27(39-31)20-24-21-35(25-13-8-5-9-14-25)33-28(24)22-11-6-4-7-12-22/h4-9,11-18,20-21H,2-3,10,19H2,1H3. The van der Waals surface area contributed by atoms with Gasteiger partial charge in [-0.1, -0.05) is 79.6 Å². The van der Waals surface area contributed by atoms with Crippen molar-refractivity contribution in [3.05, 3.63) is 112 Å². The van der Waals surface area contributed by atoms with E-state index in [1.165, 1.54) is 15.9 Å². The Morgan fingerprint density at radius 3 is 2.33 bits per heavy atom. The molecule has 0 amide bonds. The minimum absolute atomic E-state index is 0.198. The van der Waals surface area contributed by atoms with Gasteiger partial charge in [-0.05, 0) is 48.9 Å². The Hall–Kier alpha value is -4.56. The molecule has 0 aliphatic heterocycles. The molecule has 3 aromatic heterocycles. The van der Waals surface area contributed by atoms with Crippen molar-refractivity contribution < 1.29 is 4.74 Å². The molecule has 39 heavy (non-hydrogen) atoms. The van der Waals surface area contributed by atoms with Gasteiger partial charge in [-0.15, -0.1) is 5.10 Å². The molecule has 0 fully saturated rings. The molecule has 0 unspecified atom stereocenters. The van der Waals surface area contributed by atoms with Gasteiger partial charge in [0.1, 0.15) is 5.75 Å². The third-order valence-electron chi connectivity index (χ3n) is 6.41. The second-order valence-electron chi connectivity index (χ2n) is 9.20. The average Bonchev–Trinajstić information content (AvgIpc) is 3.67. The third kappa shape index (κ3) is 5.24. The Balaban J connectivity index is 1.33. The van der Waals surface area contributed by atoms with Crippen molar-refractivity contribution in [1.29, 1.82) is 0 Å². The molecule has 7 nitrogen and oxygen atoms in total. The number of thiazole rings is 1. The normalized spacial score (nSPS) is 11.9. The van der Waals surface area contributed by atoms with Gasteiger partial charge in [0.05, 0.1) is 22.5 Å². The Morgan fingerprint density at radius 2 is 1.62 bits per heavy atom. The summed E-state index contributed by atoms with van der Waals surface area (Å²) in [5, 5.41) is 9.36. The molecule has 0 saturated heterocycles. The summed E-state index contributed by atoms with van der Waals surface area (Å²) in [5.74, 6) is 1.34. The molecule has 3 heterocycles. The lowest BCUT2D eigenvalue weighted by molar-refractivity contribution is 0.306. The zero-order valence-electron chi connectivity index (χ0n) is 21.5. The fourth-order valence-electron chi connectivity index (χ4n) is 4.37. The molecule has 6 rings (SSSR count). The van der Waals surface area contributed by atoms with E-state index in [1.807, 2.05) is 102 Å². The Bertz CT molecular complexity index is 1810. The van der Waals surface area contributed by atoms with Crippen LogP contribution in [0.4, 0.5) is 0 Å². The highest BCUT2D eigenvalue weighted by atomic mass is 32.1. The van der Waals surface area contributed by atoms with Crippen LogP contribution in [0.25, 0.3) is 39.4 Å².